The van der Waals surface area contributed by atoms with Gasteiger partial charge in [0.05, 0.1) is 77.3 Å². The number of fused-ring (bicyclic) bond motifs is 12. The third-order valence-corrected chi connectivity index (χ3v) is 13.2. The lowest BCUT2D eigenvalue weighted by molar-refractivity contribution is 0.892. The highest BCUT2D eigenvalue weighted by Crippen LogP contribution is 2.43. The van der Waals surface area contributed by atoms with Crippen molar-refractivity contribution in [3.8, 4) is 45.8 Å². The van der Waals surface area contributed by atoms with E-state index in [2.05, 4.69) is 28.8 Å². The lowest BCUT2D eigenvalue weighted by Gasteiger charge is -2.19. The van der Waals surface area contributed by atoms with Crippen LogP contribution >= 0.6 is 0 Å². The van der Waals surface area contributed by atoms with Crippen LogP contribution in [0.4, 0.5) is 0 Å². The number of nitrogens with zero attached hydrogens (tertiary/aromatic N) is 7. The van der Waals surface area contributed by atoms with Crippen molar-refractivity contribution in [1.29, 1.82) is 0 Å². The van der Waals surface area contributed by atoms with Gasteiger partial charge in [-0.25, -0.2) is 0 Å². The van der Waals surface area contributed by atoms with Gasteiger partial charge in [-0.2, -0.15) is 15.0 Å². The van der Waals surface area contributed by atoms with E-state index in [9.17, 15) is 11.0 Å². The molecule has 0 radical (unpaired) electrons. The summed E-state index contributed by atoms with van der Waals surface area (Å²) in [5.74, 6) is -1.19. The SMILES string of the molecule is [2H]c1c([2H])c([2H])c2c(c1[2H])c1c([2H])c([2H])c([2H])c([2H])c1n2-c1nc(-c2c(-c3cccc(-n4c5ccccc5c5ccccc54)c3)cccc2-n2c3ccccc3c3ccccc32)nc(-n2c3c([2H])c([2H])c([2H])c([2H])c3c3c([2H])c([2H])c([2H])c([2H])c32)n1. The van der Waals surface area contributed by atoms with Crippen molar-refractivity contribution < 1.29 is 21.9 Å². The van der Waals surface area contributed by atoms with E-state index >= 15 is 0 Å². The van der Waals surface area contributed by atoms with Crippen LogP contribution in [0, 0.1) is 0 Å². The number of hydrogen-bond donors (Lipinski definition) is 0. The van der Waals surface area contributed by atoms with Gasteiger partial charge in [0.1, 0.15) is 0 Å². The molecule has 5 heterocycles. The van der Waals surface area contributed by atoms with Gasteiger partial charge in [0.15, 0.2) is 5.82 Å². The summed E-state index contributed by atoms with van der Waals surface area (Å²) < 4.78 is 153. The molecule has 15 aromatic rings. The Bertz CT molecular complexity index is 5150. The van der Waals surface area contributed by atoms with E-state index in [1.807, 2.05) is 120 Å². The second-order valence-corrected chi connectivity index (χ2v) is 16.8. The molecule has 0 atom stereocenters. The van der Waals surface area contributed by atoms with Gasteiger partial charge in [-0.1, -0.05) is 170 Å². The molecule has 15 rings (SSSR count). The predicted octanol–water partition coefficient (Wildman–Crippen LogP) is 15.6. The van der Waals surface area contributed by atoms with E-state index in [0.29, 0.717) is 22.4 Å². The summed E-state index contributed by atoms with van der Waals surface area (Å²) in [6, 6.07) is 34.6. The van der Waals surface area contributed by atoms with E-state index < -0.39 is 109 Å². The first kappa shape index (κ1) is 26.1. The third kappa shape index (κ3) is 5.54. The molecular weight excluding hydrogens is 855 g/mol. The molecular formula is C63H39N7. The van der Waals surface area contributed by atoms with Gasteiger partial charge in [0.2, 0.25) is 11.9 Å². The van der Waals surface area contributed by atoms with E-state index in [1.54, 1.807) is 0 Å². The Labute approximate surface area is 423 Å². The Balaban J connectivity index is 1.17. The molecule has 0 aliphatic carbocycles. The molecule has 0 saturated heterocycles. The molecule has 326 valence electrons. The van der Waals surface area contributed by atoms with E-state index in [1.165, 1.54) is 0 Å². The molecule has 0 N–H and O–H groups in total. The van der Waals surface area contributed by atoms with Gasteiger partial charge >= 0.3 is 0 Å². The maximum atomic E-state index is 9.54. The fourth-order valence-corrected chi connectivity index (χ4v) is 10.3. The largest absolute Gasteiger partial charge is 0.309 e. The number of para-hydroxylation sites is 8. The Morgan fingerprint density at radius 1 is 0.314 bits per heavy atom. The molecule has 7 heteroatoms. The zero-order valence-electron chi connectivity index (χ0n) is 52.4. The summed E-state index contributed by atoms with van der Waals surface area (Å²) in [6.45, 7) is 0. The van der Waals surface area contributed by atoms with Crippen LogP contribution in [-0.2, 0) is 0 Å². The molecule has 0 unspecified atom stereocenters. The minimum Gasteiger partial charge on any atom is -0.309 e. The van der Waals surface area contributed by atoms with Crippen LogP contribution in [0.25, 0.3) is 133 Å². The molecule has 0 saturated carbocycles. The second kappa shape index (κ2) is 15.0. The minimum absolute atomic E-state index is 0.187. The maximum absolute atomic E-state index is 9.54. The molecule has 7 nitrogen and oxygen atoms in total. The predicted molar refractivity (Wildman–Crippen MR) is 288 cm³/mol. The van der Waals surface area contributed by atoms with Crippen molar-refractivity contribution >= 4 is 87.2 Å². The Hall–Kier alpha value is -9.59. The van der Waals surface area contributed by atoms with Crippen molar-refractivity contribution in [3.63, 3.8) is 0 Å². The van der Waals surface area contributed by atoms with Crippen LogP contribution in [-0.4, -0.2) is 33.2 Å². The average Bonchev–Trinajstić information content (AvgIpc) is 1.64. The summed E-state index contributed by atoms with van der Waals surface area (Å²) in [5, 5.41) is 2.73. The van der Waals surface area contributed by atoms with Gasteiger partial charge in [-0.05, 0) is 77.8 Å². The van der Waals surface area contributed by atoms with Crippen LogP contribution < -0.4 is 0 Å². The molecule has 0 spiro atoms. The maximum Gasteiger partial charge on any atom is 0.240 e. The first-order valence-electron chi connectivity index (χ1n) is 30.4. The molecule has 0 fully saturated rings. The normalized spacial score (nSPS) is 15.2. The molecule has 0 bridgehead atoms. The van der Waals surface area contributed by atoms with Gasteiger partial charge < -0.3 is 9.13 Å². The van der Waals surface area contributed by atoms with Crippen molar-refractivity contribution in [2.45, 2.75) is 0 Å². The third-order valence-electron chi connectivity index (χ3n) is 13.2. The lowest BCUT2D eigenvalue weighted by atomic mass is 9.96. The number of rotatable bonds is 6. The van der Waals surface area contributed by atoms with Crippen molar-refractivity contribution in [2.75, 3.05) is 0 Å². The Morgan fingerprint density at radius 2 is 0.714 bits per heavy atom. The summed E-state index contributed by atoms with van der Waals surface area (Å²) in [5.41, 5.74) is 4.79. The van der Waals surface area contributed by atoms with E-state index in [0.717, 1.165) is 58.4 Å². The van der Waals surface area contributed by atoms with Gasteiger partial charge in [-0.15, -0.1) is 0 Å². The van der Waals surface area contributed by atoms with E-state index in [4.69, 9.17) is 25.9 Å². The van der Waals surface area contributed by atoms with E-state index in [-0.39, 0.29) is 49.4 Å². The van der Waals surface area contributed by atoms with Gasteiger partial charge in [-0.3, -0.25) is 9.13 Å². The van der Waals surface area contributed by atoms with Crippen LogP contribution in [0.1, 0.15) is 21.9 Å². The van der Waals surface area contributed by atoms with Crippen LogP contribution in [0.2, 0.25) is 0 Å². The molecule has 70 heavy (non-hydrogen) atoms. The average molecular weight is 910 g/mol. The Kier molecular flexibility index (Phi) is 5.57. The van der Waals surface area contributed by atoms with Crippen molar-refractivity contribution in [2.24, 2.45) is 0 Å². The van der Waals surface area contributed by atoms with Crippen LogP contribution in [0.5, 0.6) is 0 Å². The first-order chi connectivity index (χ1) is 41.4. The smallest absolute Gasteiger partial charge is 0.240 e. The highest BCUT2D eigenvalue weighted by molar-refractivity contribution is 6.13. The minimum atomic E-state index is -0.715. The monoisotopic (exact) mass is 909 g/mol. The summed E-state index contributed by atoms with van der Waals surface area (Å²) >= 11 is 0. The molecule has 0 amide bonds. The topological polar surface area (TPSA) is 58.4 Å². The first-order valence-corrected chi connectivity index (χ1v) is 22.4. The quantitative estimate of drug-likeness (QED) is 0.167. The van der Waals surface area contributed by atoms with Crippen LogP contribution in [0.3, 0.4) is 0 Å². The Morgan fingerprint density at radius 3 is 1.17 bits per heavy atom. The zero-order valence-corrected chi connectivity index (χ0v) is 36.4. The molecule has 5 aromatic heterocycles. The zero-order chi connectivity index (χ0) is 59.8. The second-order valence-electron chi connectivity index (χ2n) is 16.8. The summed E-state index contributed by atoms with van der Waals surface area (Å²) in [4.78, 5) is 15.6. The summed E-state index contributed by atoms with van der Waals surface area (Å²) in [7, 11) is 0. The van der Waals surface area contributed by atoms with Crippen molar-refractivity contribution in [1.82, 2.24) is 33.2 Å². The number of hydrogen-bond acceptors (Lipinski definition) is 3. The standard InChI is InChI=1S/C63H39N7/c1-9-30-51-43(21-1)44-22-2-10-31-52(44)67(51)41-20-17-19-40(39-41)42-29-18-38-59(68-53-32-11-3-23-45(53)46-24-4-12-33-54(46)68)60(42)61-64-62(69-55-34-13-5-25-47(55)48-26-6-14-35-56(48)69)66-63(65-61)70-57-36-15-7-27-49(57)50-28-8-16-37-58(50)70/h1-39H/i5D,6D,7D,8D,13D,14D,15D,16D,25D,26D,27D,28D,34D,35D,36D,37D. The fourth-order valence-electron chi connectivity index (χ4n) is 10.3. The highest BCUT2D eigenvalue weighted by atomic mass is 15.3. The fraction of sp³-hybridized carbons (Fsp3) is 0. The van der Waals surface area contributed by atoms with Gasteiger partial charge in [0.25, 0.3) is 0 Å². The number of aromatic nitrogens is 7. The molecule has 0 aliphatic heterocycles. The number of benzene rings is 10. The summed E-state index contributed by atoms with van der Waals surface area (Å²) in [6.07, 6.45) is 0. The van der Waals surface area contributed by atoms with Gasteiger partial charge in [0, 0.05) is 48.8 Å². The van der Waals surface area contributed by atoms with Crippen molar-refractivity contribution in [3.05, 3.63) is 236 Å². The highest BCUT2D eigenvalue weighted by Gasteiger charge is 2.26. The molecule has 0 aliphatic rings. The lowest BCUT2D eigenvalue weighted by Crippen LogP contribution is -2.11. The molecule has 10 aromatic carbocycles. The van der Waals surface area contributed by atoms with Crippen LogP contribution in [0.15, 0.2) is 236 Å².